The molecular formula is C14H32N2. The van der Waals surface area contributed by atoms with E-state index in [1.807, 2.05) is 0 Å². The minimum atomic E-state index is 0.208. The van der Waals surface area contributed by atoms with Gasteiger partial charge in [-0.1, -0.05) is 40.5 Å². The zero-order valence-corrected chi connectivity index (χ0v) is 12.2. The second kappa shape index (κ2) is 7.29. The fraction of sp³-hybridized carbons (Fsp3) is 1.00. The van der Waals surface area contributed by atoms with Crippen molar-refractivity contribution in [2.24, 2.45) is 11.7 Å². The maximum absolute atomic E-state index is 6.06. The molecule has 0 rings (SSSR count). The lowest BCUT2D eigenvalue weighted by atomic mass is 9.85. The quantitative estimate of drug-likeness (QED) is 0.691. The summed E-state index contributed by atoms with van der Waals surface area (Å²) in [5.41, 5.74) is 6.26. The fourth-order valence-corrected chi connectivity index (χ4v) is 2.38. The van der Waals surface area contributed by atoms with E-state index in [0.29, 0.717) is 12.0 Å². The van der Waals surface area contributed by atoms with E-state index in [0.717, 1.165) is 13.0 Å². The summed E-state index contributed by atoms with van der Waals surface area (Å²) >= 11 is 0. The van der Waals surface area contributed by atoms with Gasteiger partial charge in [0.2, 0.25) is 0 Å². The zero-order valence-electron chi connectivity index (χ0n) is 12.2. The molecule has 0 aromatic rings. The van der Waals surface area contributed by atoms with Crippen molar-refractivity contribution in [1.82, 2.24) is 4.90 Å². The smallest absolute Gasteiger partial charge is 0.0329 e. The molecular weight excluding hydrogens is 196 g/mol. The van der Waals surface area contributed by atoms with Crippen molar-refractivity contribution in [2.45, 2.75) is 71.9 Å². The number of rotatable bonds is 8. The van der Waals surface area contributed by atoms with Gasteiger partial charge in [-0.05, 0) is 32.7 Å². The van der Waals surface area contributed by atoms with Gasteiger partial charge in [0.05, 0.1) is 0 Å². The predicted octanol–water partition coefficient (Wildman–Crippen LogP) is 3.26. The number of hydrogen-bond acceptors (Lipinski definition) is 2. The number of nitrogens with zero attached hydrogens (tertiary/aromatic N) is 1. The Labute approximate surface area is 103 Å². The van der Waals surface area contributed by atoms with Gasteiger partial charge in [0, 0.05) is 18.1 Å². The van der Waals surface area contributed by atoms with Crippen LogP contribution in [0.2, 0.25) is 0 Å². The van der Waals surface area contributed by atoms with E-state index >= 15 is 0 Å². The molecule has 0 radical (unpaired) electrons. The third-order valence-electron chi connectivity index (χ3n) is 4.36. The normalized spacial score (nSPS) is 17.8. The van der Waals surface area contributed by atoms with E-state index in [-0.39, 0.29) is 5.54 Å². The lowest BCUT2D eigenvalue weighted by molar-refractivity contribution is 0.0503. The van der Waals surface area contributed by atoms with Gasteiger partial charge in [0.25, 0.3) is 0 Å². The van der Waals surface area contributed by atoms with Crippen LogP contribution >= 0.6 is 0 Å². The SMILES string of the molecule is CCCCC(CC)(CN)N(C)C(C)C(C)C. The van der Waals surface area contributed by atoms with Crippen molar-refractivity contribution in [3.63, 3.8) is 0 Å². The molecule has 0 saturated heterocycles. The van der Waals surface area contributed by atoms with Gasteiger partial charge in [-0.2, -0.15) is 0 Å². The molecule has 0 aliphatic heterocycles. The first-order valence-electron chi connectivity index (χ1n) is 6.88. The second-order valence-electron chi connectivity index (χ2n) is 5.48. The molecule has 2 nitrogen and oxygen atoms in total. The van der Waals surface area contributed by atoms with Crippen molar-refractivity contribution < 1.29 is 0 Å². The van der Waals surface area contributed by atoms with Crippen molar-refractivity contribution in [1.29, 1.82) is 0 Å². The van der Waals surface area contributed by atoms with E-state index in [2.05, 4.69) is 46.6 Å². The van der Waals surface area contributed by atoms with Gasteiger partial charge in [-0.25, -0.2) is 0 Å². The van der Waals surface area contributed by atoms with Crippen LogP contribution in [0.1, 0.15) is 60.3 Å². The molecule has 0 aromatic carbocycles. The minimum absolute atomic E-state index is 0.208. The van der Waals surface area contributed by atoms with Crippen molar-refractivity contribution in [2.75, 3.05) is 13.6 Å². The summed E-state index contributed by atoms with van der Waals surface area (Å²) in [4.78, 5) is 2.52. The Balaban J connectivity index is 4.72. The maximum atomic E-state index is 6.06. The van der Waals surface area contributed by atoms with Crippen LogP contribution in [0.5, 0.6) is 0 Å². The van der Waals surface area contributed by atoms with Crippen LogP contribution in [0.25, 0.3) is 0 Å². The number of unbranched alkanes of at least 4 members (excludes halogenated alkanes) is 1. The van der Waals surface area contributed by atoms with Gasteiger partial charge >= 0.3 is 0 Å². The average Bonchev–Trinajstić information content (AvgIpc) is 2.29. The Bertz CT molecular complexity index is 174. The third-order valence-corrected chi connectivity index (χ3v) is 4.36. The first-order chi connectivity index (χ1) is 7.45. The summed E-state index contributed by atoms with van der Waals surface area (Å²) in [7, 11) is 2.25. The van der Waals surface area contributed by atoms with Crippen LogP contribution in [-0.4, -0.2) is 30.1 Å². The summed E-state index contributed by atoms with van der Waals surface area (Å²) in [5.74, 6) is 0.684. The van der Waals surface area contributed by atoms with Crippen LogP contribution in [0, 0.1) is 5.92 Å². The second-order valence-corrected chi connectivity index (χ2v) is 5.48. The number of nitrogens with two attached hydrogens (primary N) is 1. The Morgan fingerprint density at radius 2 is 1.75 bits per heavy atom. The molecule has 0 saturated carbocycles. The summed E-state index contributed by atoms with van der Waals surface area (Å²) in [5, 5.41) is 0. The highest BCUT2D eigenvalue weighted by Crippen LogP contribution is 2.28. The molecule has 0 fully saturated rings. The Morgan fingerprint density at radius 3 is 2.06 bits per heavy atom. The number of likely N-dealkylation sites (N-methyl/N-ethyl adjacent to an activating group) is 1. The monoisotopic (exact) mass is 228 g/mol. The molecule has 0 bridgehead atoms. The van der Waals surface area contributed by atoms with Crippen molar-refractivity contribution in [3.05, 3.63) is 0 Å². The molecule has 0 spiro atoms. The van der Waals surface area contributed by atoms with E-state index in [4.69, 9.17) is 5.73 Å². The van der Waals surface area contributed by atoms with Gasteiger partial charge in [0.1, 0.15) is 0 Å². The highest BCUT2D eigenvalue weighted by atomic mass is 15.2. The zero-order chi connectivity index (χ0) is 12.8. The van der Waals surface area contributed by atoms with Gasteiger partial charge in [-0.15, -0.1) is 0 Å². The Kier molecular flexibility index (Phi) is 7.25. The van der Waals surface area contributed by atoms with Crippen molar-refractivity contribution in [3.8, 4) is 0 Å². The topological polar surface area (TPSA) is 29.3 Å². The lowest BCUT2D eigenvalue weighted by Gasteiger charge is -2.45. The van der Waals surface area contributed by atoms with Crippen LogP contribution in [0.3, 0.4) is 0 Å². The van der Waals surface area contributed by atoms with E-state index < -0.39 is 0 Å². The highest BCUT2D eigenvalue weighted by Gasteiger charge is 2.34. The van der Waals surface area contributed by atoms with Crippen LogP contribution in [-0.2, 0) is 0 Å². The molecule has 2 N–H and O–H groups in total. The first kappa shape index (κ1) is 15.9. The summed E-state index contributed by atoms with van der Waals surface area (Å²) in [6, 6.07) is 0.598. The molecule has 0 aliphatic carbocycles. The standard InChI is InChI=1S/C14H32N2/c1-7-9-10-14(8-2,11-15)16(6)13(5)12(3)4/h12-13H,7-11,15H2,1-6H3. The van der Waals surface area contributed by atoms with E-state index in [9.17, 15) is 0 Å². The lowest BCUT2D eigenvalue weighted by Crippen LogP contribution is -2.56. The summed E-state index contributed by atoms with van der Waals surface area (Å²) < 4.78 is 0. The van der Waals surface area contributed by atoms with Crippen LogP contribution in [0.4, 0.5) is 0 Å². The molecule has 0 aromatic heterocycles. The fourth-order valence-electron chi connectivity index (χ4n) is 2.38. The third kappa shape index (κ3) is 3.74. The molecule has 2 unspecified atom stereocenters. The first-order valence-corrected chi connectivity index (χ1v) is 6.88. The molecule has 0 heterocycles. The molecule has 2 heteroatoms. The van der Waals surface area contributed by atoms with E-state index in [1.54, 1.807) is 0 Å². The molecule has 0 aliphatic rings. The predicted molar refractivity (Wildman–Crippen MR) is 73.7 cm³/mol. The largest absolute Gasteiger partial charge is 0.329 e. The number of hydrogen-bond donors (Lipinski definition) is 1. The van der Waals surface area contributed by atoms with Crippen LogP contribution < -0.4 is 5.73 Å². The highest BCUT2D eigenvalue weighted by molar-refractivity contribution is 4.91. The molecule has 98 valence electrons. The average molecular weight is 228 g/mol. The summed E-state index contributed by atoms with van der Waals surface area (Å²) in [6.45, 7) is 12.2. The molecule has 2 atom stereocenters. The Hall–Kier alpha value is -0.0800. The Morgan fingerprint density at radius 1 is 1.19 bits per heavy atom. The van der Waals surface area contributed by atoms with Gasteiger partial charge < -0.3 is 5.73 Å². The molecule has 0 amide bonds. The minimum Gasteiger partial charge on any atom is -0.329 e. The molecule has 16 heavy (non-hydrogen) atoms. The summed E-state index contributed by atoms with van der Waals surface area (Å²) in [6.07, 6.45) is 4.91. The van der Waals surface area contributed by atoms with E-state index in [1.165, 1.54) is 19.3 Å². The van der Waals surface area contributed by atoms with Crippen LogP contribution in [0.15, 0.2) is 0 Å². The van der Waals surface area contributed by atoms with Gasteiger partial charge in [0.15, 0.2) is 0 Å². The maximum Gasteiger partial charge on any atom is 0.0329 e. The van der Waals surface area contributed by atoms with Crippen molar-refractivity contribution >= 4 is 0 Å². The van der Waals surface area contributed by atoms with Gasteiger partial charge in [-0.3, -0.25) is 4.90 Å².